The molecule has 3 rings (SSSR count). The number of aromatic nitrogens is 1. The first-order valence-corrected chi connectivity index (χ1v) is 8.09. The van der Waals surface area contributed by atoms with Gasteiger partial charge in [0.2, 0.25) is 11.8 Å². The van der Waals surface area contributed by atoms with Crippen molar-refractivity contribution in [3.8, 4) is 17.2 Å². The standard InChI is InChI=1S/C19H18N2O5/c1-11(2)18(24)20-12-7-8-15(25-10-17(22)23)13(9-12)19-21-14-5-3-4-6-16(14)26-19/h3-9,11H,10H2,1-2H3,(H,20,24)(H,22,23). The van der Waals surface area contributed by atoms with Crippen molar-refractivity contribution in [3.63, 3.8) is 0 Å². The monoisotopic (exact) mass is 354 g/mol. The third-order valence-corrected chi connectivity index (χ3v) is 3.65. The molecule has 134 valence electrons. The van der Waals surface area contributed by atoms with E-state index in [4.69, 9.17) is 14.3 Å². The van der Waals surface area contributed by atoms with Crippen LogP contribution < -0.4 is 10.1 Å². The summed E-state index contributed by atoms with van der Waals surface area (Å²) in [4.78, 5) is 27.2. The number of nitrogens with one attached hydrogen (secondary N) is 1. The van der Waals surface area contributed by atoms with Crippen LogP contribution in [0.1, 0.15) is 13.8 Å². The molecule has 2 N–H and O–H groups in total. The Balaban J connectivity index is 2.02. The van der Waals surface area contributed by atoms with Crippen LogP contribution in [-0.4, -0.2) is 28.6 Å². The van der Waals surface area contributed by atoms with Gasteiger partial charge in [0.1, 0.15) is 11.3 Å². The molecule has 0 aliphatic carbocycles. The molecule has 7 nitrogen and oxygen atoms in total. The molecule has 0 atom stereocenters. The van der Waals surface area contributed by atoms with Gasteiger partial charge >= 0.3 is 5.97 Å². The van der Waals surface area contributed by atoms with Gasteiger partial charge in [0.15, 0.2) is 12.2 Å². The number of rotatable bonds is 6. The first-order chi connectivity index (χ1) is 12.4. The molecule has 0 saturated carbocycles. The van der Waals surface area contributed by atoms with E-state index in [0.717, 1.165) is 0 Å². The quantitative estimate of drug-likeness (QED) is 0.702. The second-order valence-electron chi connectivity index (χ2n) is 6.02. The first-order valence-electron chi connectivity index (χ1n) is 8.09. The maximum atomic E-state index is 11.9. The third-order valence-electron chi connectivity index (χ3n) is 3.65. The molecule has 0 bridgehead atoms. The number of anilines is 1. The molecule has 0 aliphatic heterocycles. The van der Waals surface area contributed by atoms with Crippen LogP contribution in [0, 0.1) is 5.92 Å². The van der Waals surface area contributed by atoms with Gasteiger partial charge in [-0.25, -0.2) is 9.78 Å². The highest BCUT2D eigenvalue weighted by molar-refractivity contribution is 5.93. The normalized spacial score (nSPS) is 10.9. The fraction of sp³-hybridized carbons (Fsp3) is 0.211. The summed E-state index contributed by atoms with van der Waals surface area (Å²) in [6, 6.07) is 12.2. The highest BCUT2D eigenvalue weighted by Gasteiger charge is 2.16. The Bertz CT molecular complexity index is 928. The van der Waals surface area contributed by atoms with Gasteiger partial charge in [0.05, 0.1) is 5.56 Å². The summed E-state index contributed by atoms with van der Waals surface area (Å²) < 4.78 is 11.1. The van der Waals surface area contributed by atoms with E-state index in [2.05, 4.69) is 10.3 Å². The topological polar surface area (TPSA) is 102 Å². The third kappa shape index (κ3) is 3.83. The SMILES string of the molecule is CC(C)C(=O)Nc1ccc(OCC(=O)O)c(-c2nc3ccccc3o2)c1. The van der Waals surface area contributed by atoms with Crippen molar-refractivity contribution in [2.75, 3.05) is 11.9 Å². The molecule has 3 aromatic rings. The zero-order valence-electron chi connectivity index (χ0n) is 14.4. The van der Waals surface area contributed by atoms with Crippen molar-refractivity contribution in [2.45, 2.75) is 13.8 Å². The van der Waals surface area contributed by atoms with E-state index in [1.807, 2.05) is 18.2 Å². The minimum atomic E-state index is -1.09. The van der Waals surface area contributed by atoms with Gasteiger partial charge in [-0.3, -0.25) is 4.79 Å². The van der Waals surface area contributed by atoms with Crippen LogP contribution in [-0.2, 0) is 9.59 Å². The molecule has 0 aliphatic rings. The number of hydrogen-bond donors (Lipinski definition) is 2. The Hall–Kier alpha value is -3.35. The lowest BCUT2D eigenvalue weighted by Gasteiger charge is -2.12. The van der Waals surface area contributed by atoms with Crippen LogP contribution >= 0.6 is 0 Å². The van der Waals surface area contributed by atoms with Gasteiger partial charge in [-0.15, -0.1) is 0 Å². The molecule has 0 fully saturated rings. The molecule has 0 spiro atoms. The van der Waals surface area contributed by atoms with Gasteiger partial charge in [0.25, 0.3) is 0 Å². The number of hydrogen-bond acceptors (Lipinski definition) is 5. The van der Waals surface area contributed by atoms with Crippen LogP contribution in [0.25, 0.3) is 22.6 Å². The maximum Gasteiger partial charge on any atom is 0.341 e. The number of para-hydroxylation sites is 2. The van der Waals surface area contributed by atoms with Crippen molar-refractivity contribution in [1.29, 1.82) is 0 Å². The molecule has 0 saturated heterocycles. The number of carbonyl (C=O) groups is 2. The summed E-state index contributed by atoms with van der Waals surface area (Å²) in [6.45, 7) is 3.09. The molecular formula is C19H18N2O5. The smallest absolute Gasteiger partial charge is 0.341 e. The van der Waals surface area contributed by atoms with Gasteiger partial charge in [-0.2, -0.15) is 0 Å². The van der Waals surface area contributed by atoms with Crippen molar-refractivity contribution >= 4 is 28.7 Å². The van der Waals surface area contributed by atoms with Gasteiger partial charge < -0.3 is 19.6 Å². The Morgan fingerprint density at radius 2 is 2.00 bits per heavy atom. The van der Waals surface area contributed by atoms with E-state index in [1.165, 1.54) is 0 Å². The Morgan fingerprint density at radius 1 is 1.23 bits per heavy atom. The minimum Gasteiger partial charge on any atom is -0.481 e. The number of oxazole rings is 1. The van der Waals surface area contributed by atoms with E-state index < -0.39 is 12.6 Å². The summed E-state index contributed by atoms with van der Waals surface area (Å²) in [5.41, 5.74) is 2.28. The molecule has 1 aromatic heterocycles. The molecule has 1 heterocycles. The van der Waals surface area contributed by atoms with Crippen LogP contribution in [0.15, 0.2) is 46.9 Å². The Morgan fingerprint density at radius 3 is 2.69 bits per heavy atom. The highest BCUT2D eigenvalue weighted by atomic mass is 16.5. The highest BCUT2D eigenvalue weighted by Crippen LogP contribution is 2.34. The molecule has 1 amide bonds. The van der Waals surface area contributed by atoms with Crippen LogP contribution in [0.3, 0.4) is 0 Å². The van der Waals surface area contributed by atoms with Crippen molar-refractivity contribution in [2.24, 2.45) is 5.92 Å². The van der Waals surface area contributed by atoms with Crippen molar-refractivity contribution in [3.05, 3.63) is 42.5 Å². The number of fused-ring (bicyclic) bond motifs is 1. The zero-order valence-corrected chi connectivity index (χ0v) is 14.4. The van der Waals surface area contributed by atoms with E-state index in [9.17, 15) is 9.59 Å². The number of amides is 1. The molecule has 26 heavy (non-hydrogen) atoms. The van der Waals surface area contributed by atoms with Crippen LogP contribution in [0.4, 0.5) is 5.69 Å². The molecule has 2 aromatic carbocycles. The summed E-state index contributed by atoms with van der Waals surface area (Å²) >= 11 is 0. The summed E-state index contributed by atoms with van der Waals surface area (Å²) in [5.74, 6) is -0.808. The zero-order chi connectivity index (χ0) is 18.7. The Labute approximate surface area is 149 Å². The largest absolute Gasteiger partial charge is 0.481 e. The number of carboxylic acid groups (broad SMARTS) is 1. The van der Waals surface area contributed by atoms with E-state index >= 15 is 0 Å². The number of benzene rings is 2. The van der Waals surface area contributed by atoms with Crippen molar-refractivity contribution < 1.29 is 23.8 Å². The summed E-state index contributed by atoms with van der Waals surface area (Å²) in [7, 11) is 0. The van der Waals surface area contributed by atoms with Gasteiger partial charge in [-0.05, 0) is 30.3 Å². The van der Waals surface area contributed by atoms with Crippen LogP contribution in [0.5, 0.6) is 5.75 Å². The van der Waals surface area contributed by atoms with Crippen LogP contribution in [0.2, 0.25) is 0 Å². The maximum absolute atomic E-state index is 11.9. The second kappa shape index (κ2) is 7.26. The lowest BCUT2D eigenvalue weighted by atomic mass is 10.1. The lowest BCUT2D eigenvalue weighted by Crippen LogP contribution is -2.17. The number of aliphatic carboxylic acids is 1. The van der Waals surface area contributed by atoms with Gasteiger partial charge in [0, 0.05) is 11.6 Å². The van der Waals surface area contributed by atoms with Crippen molar-refractivity contribution in [1.82, 2.24) is 4.98 Å². The molecule has 0 unspecified atom stereocenters. The molecule has 7 heteroatoms. The average molecular weight is 354 g/mol. The summed E-state index contributed by atoms with van der Waals surface area (Å²) in [6.07, 6.45) is 0. The van der Waals surface area contributed by atoms with E-state index in [1.54, 1.807) is 38.1 Å². The second-order valence-corrected chi connectivity index (χ2v) is 6.02. The summed E-state index contributed by atoms with van der Waals surface area (Å²) in [5, 5.41) is 11.7. The predicted octanol–water partition coefficient (Wildman–Crippen LogP) is 3.55. The fourth-order valence-corrected chi connectivity index (χ4v) is 2.31. The number of carbonyl (C=O) groups excluding carboxylic acids is 1. The van der Waals surface area contributed by atoms with E-state index in [-0.39, 0.29) is 17.7 Å². The lowest BCUT2D eigenvalue weighted by molar-refractivity contribution is -0.139. The number of ether oxygens (including phenoxy) is 1. The fourth-order valence-electron chi connectivity index (χ4n) is 2.31. The minimum absolute atomic E-state index is 0.132. The number of nitrogens with zero attached hydrogens (tertiary/aromatic N) is 1. The van der Waals surface area contributed by atoms with Gasteiger partial charge in [-0.1, -0.05) is 26.0 Å². The average Bonchev–Trinajstić information content (AvgIpc) is 3.04. The Kier molecular flexibility index (Phi) is 4.88. The van der Waals surface area contributed by atoms with E-state index in [0.29, 0.717) is 28.1 Å². The molecule has 0 radical (unpaired) electrons. The first kappa shape index (κ1) is 17.5. The predicted molar refractivity (Wildman–Crippen MR) is 96.0 cm³/mol. The number of carboxylic acids is 1. The molecular weight excluding hydrogens is 336 g/mol.